The highest BCUT2D eigenvalue weighted by atomic mass is 19.4. The molecule has 0 saturated carbocycles. The predicted octanol–water partition coefficient (Wildman–Crippen LogP) is 3.73. The Morgan fingerprint density at radius 2 is 1.80 bits per heavy atom. The maximum Gasteiger partial charge on any atom is 0.418 e. The Morgan fingerprint density at radius 1 is 1.12 bits per heavy atom. The Balaban J connectivity index is 2.15. The second-order valence-corrected chi connectivity index (χ2v) is 7.08. The molecule has 0 atom stereocenters. The van der Waals surface area contributed by atoms with Gasteiger partial charge in [0.25, 0.3) is 0 Å². The number of anilines is 2. The van der Waals surface area contributed by atoms with Gasteiger partial charge >= 0.3 is 12.3 Å². The van der Waals surface area contributed by atoms with Gasteiger partial charge < -0.3 is 20.3 Å². The number of nitrogen functional groups attached to an aromatic ring is 1. The minimum atomic E-state index is -4.48. The largest absolute Gasteiger partial charge is 0.444 e. The highest BCUT2D eigenvalue weighted by Crippen LogP contribution is 2.38. The van der Waals surface area contributed by atoms with Crippen LogP contribution in [0.4, 0.5) is 29.3 Å². The number of amides is 1. The van der Waals surface area contributed by atoms with Gasteiger partial charge in [-0.15, -0.1) is 0 Å². The summed E-state index contributed by atoms with van der Waals surface area (Å²) in [7, 11) is 0. The summed E-state index contributed by atoms with van der Waals surface area (Å²) in [4.78, 5) is 15.4. The standard InChI is InChI=1S/C17H24F3N3O2/c1-16(2,3)25-15(24)23-8-4-7-22(9-10-23)14-6-5-12(21)11-13(14)17(18,19)20/h5-6,11H,4,7-10,21H2,1-3H3. The first-order valence-corrected chi connectivity index (χ1v) is 8.17. The van der Waals surface area contributed by atoms with Crippen molar-refractivity contribution in [1.29, 1.82) is 0 Å². The lowest BCUT2D eigenvalue weighted by molar-refractivity contribution is -0.137. The molecule has 1 fully saturated rings. The third-order valence-electron chi connectivity index (χ3n) is 3.81. The van der Waals surface area contributed by atoms with E-state index in [1.54, 1.807) is 25.7 Å². The van der Waals surface area contributed by atoms with Crippen LogP contribution in [0.15, 0.2) is 18.2 Å². The van der Waals surface area contributed by atoms with Crippen molar-refractivity contribution < 1.29 is 22.7 Å². The quantitative estimate of drug-likeness (QED) is 0.776. The van der Waals surface area contributed by atoms with Crippen LogP contribution in [0.25, 0.3) is 0 Å². The van der Waals surface area contributed by atoms with Crippen molar-refractivity contribution in [3.63, 3.8) is 0 Å². The number of rotatable bonds is 1. The van der Waals surface area contributed by atoms with E-state index in [2.05, 4.69) is 0 Å². The SMILES string of the molecule is CC(C)(C)OC(=O)N1CCCN(c2ccc(N)cc2C(F)(F)F)CC1. The normalized spacial score (nSPS) is 16.6. The van der Waals surface area contributed by atoms with E-state index in [4.69, 9.17) is 10.5 Å². The molecule has 0 spiro atoms. The molecule has 25 heavy (non-hydrogen) atoms. The van der Waals surface area contributed by atoms with Gasteiger partial charge in [-0.05, 0) is 45.4 Å². The summed E-state index contributed by atoms with van der Waals surface area (Å²) in [5.41, 5.74) is 4.32. The zero-order valence-electron chi connectivity index (χ0n) is 14.7. The zero-order chi connectivity index (χ0) is 18.8. The maximum absolute atomic E-state index is 13.3. The second kappa shape index (κ2) is 7.01. The van der Waals surface area contributed by atoms with Crippen molar-refractivity contribution in [3.05, 3.63) is 23.8 Å². The van der Waals surface area contributed by atoms with E-state index >= 15 is 0 Å². The molecule has 1 amide bonds. The minimum absolute atomic E-state index is 0.0706. The van der Waals surface area contributed by atoms with Crippen LogP contribution in [-0.2, 0) is 10.9 Å². The van der Waals surface area contributed by atoms with Crippen LogP contribution in [-0.4, -0.2) is 42.8 Å². The van der Waals surface area contributed by atoms with Crippen molar-refractivity contribution >= 4 is 17.5 Å². The van der Waals surface area contributed by atoms with Crippen molar-refractivity contribution in [3.8, 4) is 0 Å². The Kier molecular flexibility index (Phi) is 5.39. The summed E-state index contributed by atoms with van der Waals surface area (Å²) in [6.07, 6.45) is -4.37. The van der Waals surface area contributed by atoms with E-state index < -0.39 is 23.4 Å². The molecule has 1 aliphatic heterocycles. The fraction of sp³-hybridized carbons (Fsp3) is 0.588. The Hall–Kier alpha value is -2.12. The third kappa shape index (κ3) is 5.17. The first kappa shape index (κ1) is 19.2. The molecule has 8 heteroatoms. The number of nitrogens with two attached hydrogens (primary N) is 1. The van der Waals surface area contributed by atoms with Crippen molar-refractivity contribution in [2.75, 3.05) is 36.8 Å². The fourth-order valence-electron chi connectivity index (χ4n) is 2.72. The lowest BCUT2D eigenvalue weighted by Gasteiger charge is -2.28. The average Bonchev–Trinajstić information content (AvgIpc) is 2.70. The number of carbonyl (C=O) groups is 1. The third-order valence-corrected chi connectivity index (χ3v) is 3.81. The lowest BCUT2D eigenvalue weighted by Crippen LogP contribution is -2.39. The number of benzene rings is 1. The molecule has 1 aromatic rings. The van der Waals surface area contributed by atoms with Crippen molar-refractivity contribution in [1.82, 2.24) is 4.90 Å². The van der Waals surface area contributed by atoms with E-state index in [0.717, 1.165) is 6.07 Å². The van der Waals surface area contributed by atoms with Gasteiger partial charge in [0.15, 0.2) is 0 Å². The first-order chi connectivity index (χ1) is 11.5. The molecule has 1 saturated heterocycles. The van der Waals surface area contributed by atoms with Crippen LogP contribution in [0.2, 0.25) is 0 Å². The van der Waals surface area contributed by atoms with Gasteiger partial charge in [-0.25, -0.2) is 4.79 Å². The molecule has 5 nitrogen and oxygen atoms in total. The molecule has 0 unspecified atom stereocenters. The van der Waals surface area contributed by atoms with Crippen molar-refractivity contribution in [2.24, 2.45) is 0 Å². The van der Waals surface area contributed by atoms with Crippen LogP contribution >= 0.6 is 0 Å². The van der Waals surface area contributed by atoms with E-state index in [0.29, 0.717) is 32.6 Å². The van der Waals surface area contributed by atoms with Gasteiger partial charge in [0.2, 0.25) is 0 Å². The Bertz CT molecular complexity index is 627. The van der Waals surface area contributed by atoms with Crippen molar-refractivity contribution in [2.45, 2.75) is 39.0 Å². The van der Waals surface area contributed by atoms with Crippen LogP contribution in [0.3, 0.4) is 0 Å². The highest BCUT2D eigenvalue weighted by Gasteiger charge is 2.35. The summed E-state index contributed by atoms with van der Waals surface area (Å²) < 4.78 is 45.3. The molecular formula is C17H24F3N3O2. The van der Waals surface area contributed by atoms with Crippen LogP contribution < -0.4 is 10.6 Å². The number of alkyl halides is 3. The molecule has 0 aromatic heterocycles. The van der Waals surface area contributed by atoms with E-state index in [1.165, 1.54) is 17.0 Å². The monoisotopic (exact) mass is 359 g/mol. The molecule has 1 heterocycles. The molecular weight excluding hydrogens is 335 g/mol. The van der Waals surface area contributed by atoms with Crippen LogP contribution in [0.1, 0.15) is 32.8 Å². The second-order valence-electron chi connectivity index (χ2n) is 7.08. The van der Waals surface area contributed by atoms with Gasteiger partial charge in [0.1, 0.15) is 5.60 Å². The molecule has 0 radical (unpaired) electrons. The van der Waals surface area contributed by atoms with Gasteiger partial charge in [0.05, 0.1) is 5.56 Å². The predicted molar refractivity (Wildman–Crippen MR) is 90.5 cm³/mol. The molecule has 1 aromatic carbocycles. The smallest absolute Gasteiger partial charge is 0.418 e. The Labute approximate surface area is 145 Å². The van der Waals surface area contributed by atoms with E-state index in [1.807, 2.05) is 0 Å². The topological polar surface area (TPSA) is 58.8 Å². The summed E-state index contributed by atoms with van der Waals surface area (Å²) in [5, 5.41) is 0. The number of halogens is 3. The summed E-state index contributed by atoms with van der Waals surface area (Å²) in [5.74, 6) is 0. The fourth-order valence-corrected chi connectivity index (χ4v) is 2.72. The summed E-state index contributed by atoms with van der Waals surface area (Å²) in [6.45, 7) is 6.80. The number of ether oxygens (including phenoxy) is 1. The van der Waals surface area contributed by atoms with Gasteiger partial charge in [-0.2, -0.15) is 13.2 Å². The molecule has 2 rings (SSSR count). The summed E-state index contributed by atoms with van der Waals surface area (Å²) in [6, 6.07) is 3.80. The number of hydrogen-bond acceptors (Lipinski definition) is 4. The van der Waals surface area contributed by atoms with Gasteiger partial charge in [0, 0.05) is 37.6 Å². The molecule has 0 bridgehead atoms. The maximum atomic E-state index is 13.3. The zero-order valence-corrected chi connectivity index (χ0v) is 14.7. The first-order valence-electron chi connectivity index (χ1n) is 8.17. The van der Waals surface area contributed by atoms with Crippen LogP contribution in [0.5, 0.6) is 0 Å². The lowest BCUT2D eigenvalue weighted by atomic mass is 10.1. The Morgan fingerprint density at radius 3 is 2.40 bits per heavy atom. The van der Waals surface area contributed by atoms with E-state index in [9.17, 15) is 18.0 Å². The molecule has 0 aliphatic carbocycles. The van der Waals surface area contributed by atoms with Gasteiger partial charge in [-0.1, -0.05) is 0 Å². The average molecular weight is 359 g/mol. The van der Waals surface area contributed by atoms with E-state index in [-0.39, 0.29) is 11.4 Å². The highest BCUT2D eigenvalue weighted by molar-refractivity contribution is 5.68. The van der Waals surface area contributed by atoms with Crippen LogP contribution in [0, 0.1) is 0 Å². The number of carbonyl (C=O) groups excluding carboxylic acids is 1. The number of hydrogen-bond donors (Lipinski definition) is 1. The number of nitrogens with zero attached hydrogens (tertiary/aromatic N) is 2. The molecule has 1 aliphatic rings. The molecule has 2 N–H and O–H groups in total. The minimum Gasteiger partial charge on any atom is -0.444 e. The van der Waals surface area contributed by atoms with Gasteiger partial charge in [-0.3, -0.25) is 0 Å². The molecule has 140 valence electrons. The summed E-state index contributed by atoms with van der Waals surface area (Å²) >= 11 is 0.